The van der Waals surface area contributed by atoms with Gasteiger partial charge in [-0.3, -0.25) is 0 Å². The Morgan fingerprint density at radius 3 is 2.47 bits per heavy atom. The molecule has 3 nitrogen and oxygen atoms in total. The summed E-state index contributed by atoms with van der Waals surface area (Å²) in [6.07, 6.45) is 1.75. The van der Waals surface area contributed by atoms with Gasteiger partial charge in [-0.2, -0.15) is 0 Å². The molecule has 5 heteroatoms. The molecule has 96 valence electrons. The number of hydrazone groups is 1. The van der Waals surface area contributed by atoms with Gasteiger partial charge < -0.3 is 5.32 Å². The molecular formula is C14H13ClN3S+. The Hall–Kier alpha value is -1.91. The van der Waals surface area contributed by atoms with E-state index in [4.69, 9.17) is 23.8 Å². The summed E-state index contributed by atoms with van der Waals surface area (Å²) in [5, 5.41) is 7.11. The number of hydrogen-bond acceptors (Lipinski definition) is 1. The van der Waals surface area contributed by atoms with Crippen molar-refractivity contribution in [1.82, 2.24) is 5.43 Å². The van der Waals surface area contributed by atoms with Gasteiger partial charge in [-0.05, 0) is 36.5 Å². The lowest BCUT2D eigenvalue weighted by atomic mass is 10.2. The largest absolute Gasteiger partial charge is 0.328 e. The Labute approximate surface area is 122 Å². The third-order valence-corrected chi connectivity index (χ3v) is 2.90. The highest BCUT2D eigenvalue weighted by atomic mass is 35.5. The molecule has 0 aliphatic carbocycles. The van der Waals surface area contributed by atoms with Gasteiger partial charge in [-0.25, -0.2) is 0 Å². The van der Waals surface area contributed by atoms with Gasteiger partial charge in [-0.1, -0.05) is 41.9 Å². The number of para-hydroxylation sites is 1. The second kappa shape index (κ2) is 6.87. The summed E-state index contributed by atoms with van der Waals surface area (Å²) in [5.74, 6) is 0. The van der Waals surface area contributed by atoms with E-state index in [2.05, 4.69) is 15.8 Å². The Kier molecular flexibility index (Phi) is 4.89. The molecule has 0 amide bonds. The summed E-state index contributed by atoms with van der Waals surface area (Å²) < 4.78 is 0. The molecule has 2 aromatic rings. The van der Waals surface area contributed by atoms with Crippen LogP contribution in [-0.4, -0.2) is 11.3 Å². The zero-order chi connectivity index (χ0) is 13.5. The summed E-state index contributed by atoms with van der Waals surface area (Å²) >= 11 is 11.2. The van der Waals surface area contributed by atoms with E-state index in [0.717, 1.165) is 11.3 Å². The minimum absolute atomic E-state index is 0.481. The van der Waals surface area contributed by atoms with Crippen LogP contribution < -0.4 is 15.8 Å². The highest BCUT2D eigenvalue weighted by Crippen LogP contribution is 2.10. The fourth-order valence-corrected chi connectivity index (χ4v) is 1.82. The number of rotatable bonds is 3. The highest BCUT2D eigenvalue weighted by Gasteiger charge is 1.99. The van der Waals surface area contributed by atoms with Crippen LogP contribution in [0.5, 0.6) is 0 Å². The normalized spacial score (nSPS) is 10.4. The van der Waals surface area contributed by atoms with E-state index in [1.54, 1.807) is 6.21 Å². The first kappa shape index (κ1) is 13.5. The van der Waals surface area contributed by atoms with Gasteiger partial charge in [0.25, 0.3) is 0 Å². The molecule has 0 radical (unpaired) electrons. The minimum atomic E-state index is 0.481. The summed E-state index contributed by atoms with van der Waals surface area (Å²) in [6, 6.07) is 17.2. The van der Waals surface area contributed by atoms with Gasteiger partial charge in [0.05, 0.1) is 10.6 Å². The van der Waals surface area contributed by atoms with Gasteiger partial charge in [0.1, 0.15) is 0 Å². The monoisotopic (exact) mass is 290 g/mol. The van der Waals surface area contributed by atoms with Crippen LogP contribution in [0.3, 0.4) is 0 Å². The number of anilines is 1. The molecule has 19 heavy (non-hydrogen) atoms. The molecule has 0 bridgehead atoms. The van der Waals surface area contributed by atoms with E-state index in [1.165, 1.54) is 0 Å². The smallest absolute Gasteiger partial charge is 0.228 e. The average Bonchev–Trinajstić information content (AvgIpc) is 2.42. The summed E-state index contributed by atoms with van der Waals surface area (Å²) in [5.41, 5.74) is 4.68. The number of hydrogen-bond donors (Lipinski definition) is 3. The topological polar surface area (TPSA) is 38.0 Å². The second-order valence-corrected chi connectivity index (χ2v) is 4.57. The minimum Gasteiger partial charge on any atom is -0.328 e. The number of halogens is 1. The van der Waals surface area contributed by atoms with Crippen molar-refractivity contribution >= 4 is 40.8 Å². The van der Waals surface area contributed by atoms with E-state index >= 15 is 0 Å². The van der Waals surface area contributed by atoms with Crippen molar-refractivity contribution in [2.45, 2.75) is 0 Å². The van der Waals surface area contributed by atoms with Crippen LogP contribution in [-0.2, 0) is 0 Å². The molecule has 2 aromatic carbocycles. The lowest BCUT2D eigenvalue weighted by Gasteiger charge is -2.03. The molecule has 0 atom stereocenters. The molecule has 0 aromatic heterocycles. The van der Waals surface area contributed by atoms with Gasteiger partial charge in [0, 0.05) is 5.69 Å². The molecule has 0 aliphatic rings. The van der Waals surface area contributed by atoms with Crippen LogP contribution in [0.15, 0.2) is 54.6 Å². The molecule has 2 rings (SSSR count). The van der Waals surface area contributed by atoms with E-state index < -0.39 is 0 Å². The Bertz CT molecular complexity index is 584. The molecule has 0 saturated carbocycles. The SMILES string of the molecule is S=C(N[NH+]=Cc1ccccc1Cl)Nc1ccccc1. The van der Waals surface area contributed by atoms with Crippen molar-refractivity contribution in [3.05, 3.63) is 65.2 Å². The molecule has 0 heterocycles. The number of nitrogens with one attached hydrogen (secondary N) is 3. The van der Waals surface area contributed by atoms with Crippen LogP contribution in [0.4, 0.5) is 5.69 Å². The van der Waals surface area contributed by atoms with Crippen molar-refractivity contribution in [2.75, 3.05) is 5.32 Å². The predicted octanol–water partition coefficient (Wildman–Crippen LogP) is 1.74. The maximum absolute atomic E-state index is 6.02. The van der Waals surface area contributed by atoms with Crippen LogP contribution in [0.2, 0.25) is 5.02 Å². The lowest BCUT2D eigenvalue weighted by molar-refractivity contribution is -0.499. The van der Waals surface area contributed by atoms with Gasteiger partial charge >= 0.3 is 0 Å². The number of benzene rings is 2. The fraction of sp³-hybridized carbons (Fsp3) is 0. The molecule has 0 fully saturated rings. The summed E-state index contributed by atoms with van der Waals surface area (Å²) in [7, 11) is 0. The first-order chi connectivity index (χ1) is 9.25. The van der Waals surface area contributed by atoms with Crippen molar-refractivity contribution in [3.63, 3.8) is 0 Å². The molecular weight excluding hydrogens is 278 g/mol. The molecule has 0 aliphatic heterocycles. The molecule has 0 unspecified atom stereocenters. The third-order valence-electron chi connectivity index (χ3n) is 2.35. The number of hydrazine groups is 1. The first-order valence-electron chi connectivity index (χ1n) is 5.71. The summed E-state index contributed by atoms with van der Waals surface area (Å²) in [4.78, 5) is 0. The zero-order valence-electron chi connectivity index (χ0n) is 10.1. The van der Waals surface area contributed by atoms with Crippen molar-refractivity contribution in [2.24, 2.45) is 0 Å². The fourth-order valence-electron chi connectivity index (χ4n) is 1.46. The van der Waals surface area contributed by atoms with E-state index in [1.807, 2.05) is 54.6 Å². The highest BCUT2D eigenvalue weighted by molar-refractivity contribution is 7.80. The van der Waals surface area contributed by atoms with Crippen molar-refractivity contribution < 1.29 is 5.10 Å². The third kappa shape index (κ3) is 4.35. The summed E-state index contributed by atoms with van der Waals surface area (Å²) in [6.45, 7) is 0. The van der Waals surface area contributed by atoms with Gasteiger partial charge in [0.2, 0.25) is 5.11 Å². The first-order valence-corrected chi connectivity index (χ1v) is 6.49. The zero-order valence-corrected chi connectivity index (χ0v) is 11.6. The molecule has 0 spiro atoms. The van der Waals surface area contributed by atoms with E-state index in [9.17, 15) is 0 Å². The predicted molar refractivity (Wildman–Crippen MR) is 83.4 cm³/mol. The Balaban J connectivity index is 1.89. The van der Waals surface area contributed by atoms with Gasteiger partial charge in [-0.15, -0.1) is 10.5 Å². The maximum atomic E-state index is 6.02. The molecule has 3 N–H and O–H groups in total. The van der Waals surface area contributed by atoms with Gasteiger partial charge in [0.15, 0.2) is 6.21 Å². The number of thiocarbonyl (C=S) groups is 1. The Morgan fingerprint density at radius 2 is 1.74 bits per heavy atom. The average molecular weight is 291 g/mol. The maximum Gasteiger partial charge on any atom is 0.228 e. The second-order valence-electron chi connectivity index (χ2n) is 3.76. The lowest BCUT2D eigenvalue weighted by Crippen LogP contribution is -2.82. The van der Waals surface area contributed by atoms with Crippen LogP contribution in [0.1, 0.15) is 5.56 Å². The Morgan fingerprint density at radius 1 is 1.05 bits per heavy atom. The molecule has 0 saturated heterocycles. The van der Waals surface area contributed by atoms with Crippen molar-refractivity contribution in [1.29, 1.82) is 0 Å². The van der Waals surface area contributed by atoms with Crippen LogP contribution in [0, 0.1) is 0 Å². The van der Waals surface area contributed by atoms with Crippen LogP contribution in [0.25, 0.3) is 0 Å². The quantitative estimate of drug-likeness (QED) is 0.458. The van der Waals surface area contributed by atoms with Crippen LogP contribution >= 0.6 is 23.8 Å². The standard InChI is InChI=1S/C14H12ClN3S/c15-13-9-5-4-6-11(13)10-16-18-14(19)17-12-7-2-1-3-8-12/h1-10H,(H2,17,18,19)/p+1. The van der Waals surface area contributed by atoms with E-state index in [-0.39, 0.29) is 0 Å². The van der Waals surface area contributed by atoms with Crippen molar-refractivity contribution in [3.8, 4) is 0 Å². The van der Waals surface area contributed by atoms with E-state index in [0.29, 0.717) is 10.1 Å².